The molecule has 0 radical (unpaired) electrons. The van der Waals surface area contributed by atoms with Crippen LogP contribution in [0.15, 0.2) is 36.0 Å². The Bertz CT molecular complexity index is 1100. The molecule has 38 heavy (non-hydrogen) atoms. The summed E-state index contributed by atoms with van der Waals surface area (Å²) in [6.45, 7) is 5.76. The number of halogens is 1. The van der Waals surface area contributed by atoms with E-state index in [0.717, 1.165) is 69.4 Å². The van der Waals surface area contributed by atoms with Gasteiger partial charge in [0.25, 0.3) is 0 Å². The zero-order chi connectivity index (χ0) is 26.5. The largest absolute Gasteiger partial charge is 0.387 e. The zero-order valence-electron chi connectivity index (χ0n) is 23.3. The number of piperidine rings is 1. The predicted molar refractivity (Wildman–Crippen MR) is 153 cm³/mol. The molecule has 5 aliphatic rings. The number of rotatable bonds is 3. The Morgan fingerprint density at radius 2 is 1.63 bits per heavy atom. The molecule has 0 spiro atoms. The normalized spacial score (nSPS) is 38.4. The molecule has 0 aromatic heterocycles. The van der Waals surface area contributed by atoms with E-state index in [1.54, 1.807) is 0 Å². The second kappa shape index (κ2) is 9.98. The summed E-state index contributed by atoms with van der Waals surface area (Å²) in [7, 11) is 0. The third-order valence-corrected chi connectivity index (χ3v) is 12.1. The van der Waals surface area contributed by atoms with Gasteiger partial charge in [0.2, 0.25) is 5.91 Å². The Morgan fingerprint density at radius 3 is 2.37 bits per heavy atom. The molecule has 1 aliphatic heterocycles. The first kappa shape index (κ1) is 26.4. The number of carbonyl (C=O) groups is 2. The molecule has 2 N–H and O–H groups in total. The molecule has 1 saturated heterocycles. The van der Waals surface area contributed by atoms with Gasteiger partial charge >= 0.3 is 0 Å². The van der Waals surface area contributed by atoms with E-state index in [0.29, 0.717) is 24.2 Å². The van der Waals surface area contributed by atoms with Crippen LogP contribution in [0.5, 0.6) is 0 Å². The summed E-state index contributed by atoms with van der Waals surface area (Å²) in [5.41, 5.74) is 2.23. The van der Waals surface area contributed by atoms with E-state index in [1.807, 2.05) is 18.2 Å². The Hall–Kier alpha value is -1.81. The molecule has 1 amide bonds. The topological polar surface area (TPSA) is 58.2 Å². The number of benzene rings is 1. The number of carbonyl (C=O) groups excluding carboxylic acids is 2. The van der Waals surface area contributed by atoms with Crippen LogP contribution in [-0.4, -0.2) is 18.2 Å². The maximum absolute atomic E-state index is 14.3. The minimum Gasteiger partial charge on any atom is -0.387 e. The number of allylic oxidation sites excluding steroid dienone is 2. The molecule has 0 bridgehead atoms. The van der Waals surface area contributed by atoms with Gasteiger partial charge in [0, 0.05) is 41.1 Å². The van der Waals surface area contributed by atoms with Crippen LogP contribution in [0.4, 0.5) is 0 Å². The van der Waals surface area contributed by atoms with Crippen LogP contribution in [0.25, 0.3) is 0 Å². The molecule has 4 fully saturated rings. The van der Waals surface area contributed by atoms with E-state index < -0.39 is 0 Å². The van der Waals surface area contributed by atoms with Gasteiger partial charge in [0.05, 0.1) is 5.54 Å². The van der Waals surface area contributed by atoms with E-state index in [4.69, 9.17) is 11.6 Å². The second-order valence-electron chi connectivity index (χ2n) is 13.7. The summed E-state index contributed by atoms with van der Waals surface area (Å²) in [5, 5.41) is 8.18. The van der Waals surface area contributed by atoms with Gasteiger partial charge in [-0.15, -0.1) is 0 Å². The van der Waals surface area contributed by atoms with Crippen LogP contribution in [0.1, 0.15) is 103 Å². The van der Waals surface area contributed by atoms with Crippen molar-refractivity contribution in [3.05, 3.63) is 46.6 Å². The second-order valence-corrected chi connectivity index (χ2v) is 14.2. The standard InChI is InChI=1S/C33H45ClN2O2/c1-31-19-15-27-25(21-35-29-20-24(37)14-18-32(27,29)2)26(31)12-13-28(31)30(38)36-33(16-6-4-3-5-7-17-33)22-8-10-23(34)11-9-22/h8-11,20,25-28,35H,3-7,12-19,21H2,1-2H3,(H,36,38)/t25-,26-,27-,28+,31-,32+/m0/s1. The van der Waals surface area contributed by atoms with Crippen LogP contribution in [-0.2, 0) is 15.1 Å². The van der Waals surface area contributed by atoms with Gasteiger partial charge in [-0.3, -0.25) is 9.59 Å². The summed E-state index contributed by atoms with van der Waals surface area (Å²) in [6, 6.07) is 8.25. The molecule has 4 aliphatic carbocycles. The molecular formula is C33H45ClN2O2. The molecule has 1 aromatic carbocycles. The summed E-state index contributed by atoms with van der Waals surface area (Å²) >= 11 is 6.26. The molecule has 3 saturated carbocycles. The lowest BCUT2D eigenvalue weighted by atomic mass is 9.50. The number of hydrogen-bond acceptors (Lipinski definition) is 3. The van der Waals surface area contributed by atoms with Gasteiger partial charge in [0.15, 0.2) is 5.78 Å². The molecule has 6 rings (SSSR count). The van der Waals surface area contributed by atoms with Crippen molar-refractivity contribution < 1.29 is 9.59 Å². The smallest absolute Gasteiger partial charge is 0.224 e. The average Bonchev–Trinajstić information content (AvgIpc) is 3.24. The lowest BCUT2D eigenvalue weighted by Crippen LogP contribution is -2.58. The van der Waals surface area contributed by atoms with Crippen LogP contribution >= 0.6 is 11.6 Å². The molecule has 5 heteroatoms. The van der Waals surface area contributed by atoms with Crippen LogP contribution in [0.3, 0.4) is 0 Å². The Morgan fingerprint density at radius 1 is 0.921 bits per heavy atom. The maximum atomic E-state index is 14.3. The van der Waals surface area contributed by atoms with Crippen molar-refractivity contribution in [2.75, 3.05) is 6.54 Å². The third kappa shape index (κ3) is 4.34. The number of fused-ring (bicyclic) bond motifs is 5. The van der Waals surface area contributed by atoms with Crippen LogP contribution < -0.4 is 10.6 Å². The summed E-state index contributed by atoms with van der Waals surface area (Å²) in [6.07, 6.45) is 16.0. The average molecular weight is 537 g/mol. The number of amides is 1. The fourth-order valence-electron chi connectivity index (χ4n) is 9.66. The highest BCUT2D eigenvalue weighted by Crippen LogP contribution is 2.64. The highest BCUT2D eigenvalue weighted by atomic mass is 35.5. The van der Waals surface area contributed by atoms with Crippen LogP contribution in [0.2, 0.25) is 5.02 Å². The number of ketones is 1. The van der Waals surface area contributed by atoms with E-state index >= 15 is 0 Å². The van der Waals surface area contributed by atoms with Gasteiger partial charge in [-0.1, -0.05) is 69.7 Å². The van der Waals surface area contributed by atoms with Gasteiger partial charge in [-0.05, 0) is 85.8 Å². The Kier molecular flexibility index (Phi) is 6.94. The third-order valence-electron chi connectivity index (χ3n) is 11.9. The Balaban J connectivity index is 1.25. The highest BCUT2D eigenvalue weighted by molar-refractivity contribution is 6.30. The summed E-state index contributed by atoms with van der Waals surface area (Å²) in [4.78, 5) is 26.5. The van der Waals surface area contributed by atoms with Crippen molar-refractivity contribution in [1.29, 1.82) is 0 Å². The quantitative estimate of drug-likeness (QED) is 0.425. The van der Waals surface area contributed by atoms with Crippen molar-refractivity contribution in [3.63, 3.8) is 0 Å². The first-order valence-electron chi connectivity index (χ1n) is 15.3. The Labute approximate surface area is 233 Å². The van der Waals surface area contributed by atoms with Crippen molar-refractivity contribution in [1.82, 2.24) is 10.6 Å². The fraction of sp³-hybridized carbons (Fsp3) is 0.697. The summed E-state index contributed by atoms with van der Waals surface area (Å²) < 4.78 is 0. The first-order chi connectivity index (χ1) is 18.3. The molecule has 1 aromatic rings. The zero-order valence-corrected chi connectivity index (χ0v) is 24.0. The molecule has 1 heterocycles. The molecule has 206 valence electrons. The fourth-order valence-corrected chi connectivity index (χ4v) is 9.79. The molecule has 0 unspecified atom stereocenters. The van der Waals surface area contributed by atoms with Gasteiger partial charge in [-0.25, -0.2) is 0 Å². The van der Waals surface area contributed by atoms with Gasteiger partial charge < -0.3 is 10.6 Å². The van der Waals surface area contributed by atoms with E-state index in [-0.39, 0.29) is 34.0 Å². The molecular weight excluding hydrogens is 492 g/mol. The summed E-state index contributed by atoms with van der Waals surface area (Å²) in [5.74, 6) is 2.36. The van der Waals surface area contributed by atoms with Crippen molar-refractivity contribution in [2.45, 2.75) is 103 Å². The van der Waals surface area contributed by atoms with Gasteiger partial charge in [-0.2, -0.15) is 0 Å². The highest BCUT2D eigenvalue weighted by Gasteiger charge is 2.60. The van der Waals surface area contributed by atoms with Crippen LogP contribution in [0, 0.1) is 34.5 Å². The molecule has 4 nitrogen and oxygen atoms in total. The predicted octanol–water partition coefficient (Wildman–Crippen LogP) is 7.31. The molecule has 6 atom stereocenters. The van der Waals surface area contributed by atoms with E-state index in [1.165, 1.54) is 30.5 Å². The first-order valence-corrected chi connectivity index (χ1v) is 15.7. The van der Waals surface area contributed by atoms with Crippen molar-refractivity contribution >= 4 is 23.3 Å². The lowest BCUT2D eigenvalue weighted by Gasteiger charge is -2.58. The number of nitrogens with one attached hydrogen (secondary N) is 2. The lowest BCUT2D eigenvalue weighted by molar-refractivity contribution is -0.135. The number of hydrogen-bond donors (Lipinski definition) is 2. The monoisotopic (exact) mass is 536 g/mol. The minimum atomic E-state index is -0.290. The maximum Gasteiger partial charge on any atom is 0.224 e. The van der Waals surface area contributed by atoms with E-state index in [2.05, 4.69) is 36.6 Å². The van der Waals surface area contributed by atoms with Crippen molar-refractivity contribution in [2.24, 2.45) is 34.5 Å². The SMILES string of the molecule is C[C@]12CC[C@H]3[C@@H](CNC4=CC(=O)CC[C@@]43C)[C@@H]1CC[C@@H]2C(=O)NC1(c2ccc(Cl)cc2)CCCCCCC1. The van der Waals surface area contributed by atoms with Gasteiger partial charge in [0.1, 0.15) is 0 Å². The van der Waals surface area contributed by atoms with Crippen molar-refractivity contribution in [3.8, 4) is 0 Å². The minimum absolute atomic E-state index is 0.0395. The van der Waals surface area contributed by atoms with E-state index in [9.17, 15) is 9.59 Å².